The molecule has 0 amide bonds. The van der Waals surface area contributed by atoms with Crippen LogP contribution in [-0.4, -0.2) is 31.9 Å². The van der Waals surface area contributed by atoms with E-state index in [-0.39, 0.29) is 6.61 Å². The van der Waals surface area contributed by atoms with Crippen LogP contribution in [0.3, 0.4) is 0 Å². The number of H-pyrrole nitrogens is 1. The van der Waals surface area contributed by atoms with Crippen molar-refractivity contribution in [2.75, 3.05) is 11.9 Å². The molecule has 0 radical (unpaired) electrons. The second-order valence-corrected chi connectivity index (χ2v) is 5.41. The first-order valence-electron chi connectivity index (χ1n) is 7.21. The molecule has 0 atom stereocenters. The smallest absolute Gasteiger partial charge is 0.181 e. The van der Waals surface area contributed by atoms with Crippen LogP contribution in [0, 0.1) is 0 Å². The molecule has 0 aliphatic heterocycles. The van der Waals surface area contributed by atoms with Gasteiger partial charge in [-0.3, -0.25) is 10.1 Å². The number of hydrogen-bond donors (Lipinski definition) is 3. The lowest BCUT2D eigenvalue weighted by Gasteiger charge is -2.04. The Morgan fingerprint density at radius 3 is 2.78 bits per heavy atom. The van der Waals surface area contributed by atoms with E-state index in [1.54, 1.807) is 12.4 Å². The number of anilines is 1. The Balaban J connectivity index is 1.72. The molecule has 0 bridgehead atoms. The number of aliphatic hydroxyl groups is 1. The number of halogens is 1. The Bertz CT molecular complexity index is 772. The van der Waals surface area contributed by atoms with E-state index in [1.165, 1.54) is 0 Å². The predicted molar refractivity (Wildman–Crippen MR) is 89.2 cm³/mol. The number of aromatic nitrogens is 4. The molecule has 1 aromatic carbocycles. The zero-order valence-electron chi connectivity index (χ0n) is 12.3. The van der Waals surface area contributed by atoms with Crippen LogP contribution in [0.5, 0.6) is 0 Å². The van der Waals surface area contributed by atoms with Crippen molar-refractivity contribution >= 4 is 17.3 Å². The van der Waals surface area contributed by atoms with Crippen molar-refractivity contribution in [2.24, 2.45) is 0 Å². The Kier molecular flexibility index (Phi) is 4.85. The van der Waals surface area contributed by atoms with Crippen molar-refractivity contribution in [3.05, 3.63) is 59.1 Å². The number of nitrogens with one attached hydrogen (secondary N) is 2. The first kappa shape index (κ1) is 15.5. The van der Waals surface area contributed by atoms with Gasteiger partial charge in [-0.1, -0.05) is 11.6 Å². The normalized spacial score (nSPS) is 10.7. The van der Waals surface area contributed by atoms with Gasteiger partial charge in [0.2, 0.25) is 0 Å². The molecule has 0 aliphatic carbocycles. The minimum Gasteiger partial charge on any atom is -0.396 e. The fourth-order valence-corrected chi connectivity index (χ4v) is 2.34. The SMILES string of the molecule is OCCc1cnccc1-c1n[nH]c(CNc2ccc(Cl)cc2)n1. The third-order valence-corrected chi connectivity index (χ3v) is 3.61. The van der Waals surface area contributed by atoms with Crippen molar-refractivity contribution in [1.82, 2.24) is 20.2 Å². The molecule has 0 spiro atoms. The van der Waals surface area contributed by atoms with Crippen LogP contribution >= 0.6 is 11.6 Å². The van der Waals surface area contributed by atoms with Gasteiger partial charge in [0.1, 0.15) is 5.82 Å². The van der Waals surface area contributed by atoms with Crippen LogP contribution < -0.4 is 5.32 Å². The fourth-order valence-electron chi connectivity index (χ4n) is 2.21. The third-order valence-electron chi connectivity index (χ3n) is 3.36. The van der Waals surface area contributed by atoms with Crippen molar-refractivity contribution < 1.29 is 5.11 Å². The van der Waals surface area contributed by atoms with E-state index in [9.17, 15) is 0 Å². The summed E-state index contributed by atoms with van der Waals surface area (Å²) in [6.07, 6.45) is 3.95. The molecule has 23 heavy (non-hydrogen) atoms. The van der Waals surface area contributed by atoms with E-state index in [4.69, 9.17) is 16.7 Å². The molecule has 7 heteroatoms. The van der Waals surface area contributed by atoms with E-state index in [1.807, 2.05) is 30.3 Å². The van der Waals surface area contributed by atoms with Crippen LogP contribution in [0.2, 0.25) is 5.02 Å². The second kappa shape index (κ2) is 7.21. The molecule has 3 aromatic rings. The Hall–Kier alpha value is -2.44. The van der Waals surface area contributed by atoms with Crippen LogP contribution in [0.1, 0.15) is 11.4 Å². The molecule has 0 saturated heterocycles. The monoisotopic (exact) mass is 329 g/mol. The quantitative estimate of drug-likeness (QED) is 0.647. The van der Waals surface area contributed by atoms with Gasteiger partial charge in [-0.25, -0.2) is 4.98 Å². The minimum atomic E-state index is 0.0636. The van der Waals surface area contributed by atoms with Crippen LogP contribution in [0.15, 0.2) is 42.7 Å². The van der Waals surface area contributed by atoms with Crippen molar-refractivity contribution in [2.45, 2.75) is 13.0 Å². The largest absolute Gasteiger partial charge is 0.396 e. The van der Waals surface area contributed by atoms with Crippen molar-refractivity contribution in [3.8, 4) is 11.4 Å². The van der Waals surface area contributed by atoms with Gasteiger partial charge >= 0.3 is 0 Å². The first-order valence-corrected chi connectivity index (χ1v) is 7.59. The first-order chi connectivity index (χ1) is 11.3. The van der Waals surface area contributed by atoms with Gasteiger partial charge in [-0.2, -0.15) is 5.10 Å². The van der Waals surface area contributed by atoms with Gasteiger partial charge in [0.25, 0.3) is 0 Å². The minimum absolute atomic E-state index is 0.0636. The number of rotatable bonds is 6. The summed E-state index contributed by atoms with van der Waals surface area (Å²) in [5.41, 5.74) is 2.76. The standard InChI is InChI=1S/C16H16ClN5O/c17-12-1-3-13(4-2-12)19-10-15-20-16(22-21-15)14-5-7-18-9-11(14)6-8-23/h1-5,7,9,19,23H,6,8,10H2,(H,20,21,22). The molecule has 0 unspecified atom stereocenters. The van der Waals surface area contributed by atoms with E-state index < -0.39 is 0 Å². The van der Waals surface area contributed by atoms with E-state index >= 15 is 0 Å². The van der Waals surface area contributed by atoms with Gasteiger partial charge in [0, 0.05) is 35.3 Å². The van der Waals surface area contributed by atoms with Gasteiger partial charge in [0.05, 0.1) is 6.54 Å². The highest BCUT2D eigenvalue weighted by Gasteiger charge is 2.10. The van der Waals surface area contributed by atoms with E-state index in [0.29, 0.717) is 23.8 Å². The number of hydrogen-bond acceptors (Lipinski definition) is 5. The average Bonchev–Trinajstić information content (AvgIpc) is 3.04. The number of nitrogens with zero attached hydrogens (tertiary/aromatic N) is 3. The summed E-state index contributed by atoms with van der Waals surface area (Å²) in [7, 11) is 0. The molecule has 118 valence electrons. The molecular weight excluding hydrogens is 314 g/mol. The fraction of sp³-hybridized carbons (Fsp3) is 0.188. The summed E-state index contributed by atoms with van der Waals surface area (Å²) >= 11 is 5.86. The summed E-state index contributed by atoms with van der Waals surface area (Å²) in [6, 6.07) is 9.32. The molecule has 6 nitrogen and oxygen atoms in total. The van der Waals surface area contributed by atoms with Crippen LogP contribution in [-0.2, 0) is 13.0 Å². The van der Waals surface area contributed by atoms with Gasteiger partial charge in [-0.05, 0) is 42.3 Å². The van der Waals surface area contributed by atoms with Crippen molar-refractivity contribution in [1.29, 1.82) is 0 Å². The molecule has 2 aromatic heterocycles. The van der Waals surface area contributed by atoms with Gasteiger partial charge < -0.3 is 10.4 Å². The Morgan fingerprint density at radius 2 is 2.00 bits per heavy atom. The maximum atomic E-state index is 9.13. The molecule has 3 rings (SSSR count). The number of aromatic amines is 1. The number of aliphatic hydroxyl groups excluding tert-OH is 1. The summed E-state index contributed by atoms with van der Waals surface area (Å²) in [5, 5.41) is 20.3. The molecule has 2 heterocycles. The third kappa shape index (κ3) is 3.85. The highest BCUT2D eigenvalue weighted by Crippen LogP contribution is 2.20. The Morgan fingerprint density at radius 1 is 1.17 bits per heavy atom. The summed E-state index contributed by atoms with van der Waals surface area (Å²) in [5.74, 6) is 1.32. The summed E-state index contributed by atoms with van der Waals surface area (Å²) < 4.78 is 0. The molecule has 0 saturated carbocycles. The maximum Gasteiger partial charge on any atom is 0.181 e. The van der Waals surface area contributed by atoms with Crippen LogP contribution in [0.25, 0.3) is 11.4 Å². The van der Waals surface area contributed by atoms with Gasteiger partial charge in [0.15, 0.2) is 5.82 Å². The zero-order chi connectivity index (χ0) is 16.1. The Labute approximate surface area is 138 Å². The van der Waals surface area contributed by atoms with E-state index in [2.05, 4.69) is 25.5 Å². The molecule has 0 aliphatic rings. The highest BCUT2D eigenvalue weighted by molar-refractivity contribution is 6.30. The lowest BCUT2D eigenvalue weighted by atomic mass is 10.1. The van der Waals surface area contributed by atoms with Crippen LogP contribution in [0.4, 0.5) is 5.69 Å². The lowest BCUT2D eigenvalue weighted by molar-refractivity contribution is 0.299. The summed E-state index contributed by atoms with van der Waals surface area (Å²) in [6.45, 7) is 0.586. The molecule has 3 N–H and O–H groups in total. The number of benzene rings is 1. The topological polar surface area (TPSA) is 86.7 Å². The predicted octanol–water partition coefficient (Wildman–Crippen LogP) is 2.67. The molecule has 0 fully saturated rings. The highest BCUT2D eigenvalue weighted by atomic mass is 35.5. The lowest BCUT2D eigenvalue weighted by Crippen LogP contribution is -2.01. The summed E-state index contributed by atoms with van der Waals surface area (Å²) in [4.78, 5) is 8.57. The maximum absolute atomic E-state index is 9.13. The van der Waals surface area contributed by atoms with E-state index in [0.717, 1.165) is 22.6 Å². The number of pyridine rings is 1. The van der Waals surface area contributed by atoms with Crippen molar-refractivity contribution in [3.63, 3.8) is 0 Å². The second-order valence-electron chi connectivity index (χ2n) is 4.97. The zero-order valence-corrected chi connectivity index (χ0v) is 13.1. The van der Waals surface area contributed by atoms with Gasteiger partial charge in [-0.15, -0.1) is 0 Å². The molecular formula is C16H16ClN5O. The average molecular weight is 330 g/mol.